The molecule has 0 aliphatic carbocycles. The molecule has 0 radical (unpaired) electrons. The molecule has 0 aromatic carbocycles. The minimum Gasteiger partial charge on any atom is -0.432 e. The quantitative estimate of drug-likeness (QED) is 0.383. The summed E-state index contributed by atoms with van der Waals surface area (Å²) < 4.78 is 22.3. The minimum atomic E-state index is -2.58. The average Bonchev–Trinajstić information content (AvgIpc) is 3.24. The SMILES string of the molecule is CC(C)[Si]1(C(C)C)OC([C@H]2O[C@@H](n3cc(I)c(=O)[nH]c3=O)C[C@@H]2O)[Si](C(C)C)(C(C)C)O1. The van der Waals surface area contributed by atoms with Gasteiger partial charge in [-0.1, -0.05) is 55.4 Å². The van der Waals surface area contributed by atoms with Crippen LogP contribution in [0.3, 0.4) is 0 Å². The highest BCUT2D eigenvalue weighted by Gasteiger charge is 2.68. The van der Waals surface area contributed by atoms with Gasteiger partial charge in [-0.15, -0.1) is 0 Å². The fourth-order valence-corrected chi connectivity index (χ4v) is 19.7. The van der Waals surface area contributed by atoms with Gasteiger partial charge in [-0.25, -0.2) is 4.79 Å². The van der Waals surface area contributed by atoms with E-state index in [2.05, 4.69) is 60.4 Å². The number of nitrogens with zero attached hydrogens (tertiary/aromatic N) is 1. The second kappa shape index (κ2) is 9.38. The van der Waals surface area contributed by atoms with Crippen LogP contribution >= 0.6 is 22.6 Å². The lowest BCUT2D eigenvalue weighted by atomic mass is 10.2. The normalized spacial score (nSPS) is 29.7. The van der Waals surface area contributed by atoms with Crippen LogP contribution in [0.4, 0.5) is 0 Å². The van der Waals surface area contributed by atoms with Crippen LogP contribution < -0.4 is 11.2 Å². The third kappa shape index (κ3) is 4.15. The van der Waals surface area contributed by atoms with E-state index < -0.39 is 46.6 Å². The molecular formula is C21H37IN2O6Si2. The van der Waals surface area contributed by atoms with Crippen molar-refractivity contribution in [3.8, 4) is 0 Å². The van der Waals surface area contributed by atoms with Crippen molar-refractivity contribution in [1.29, 1.82) is 0 Å². The van der Waals surface area contributed by atoms with Crippen LogP contribution in [0.5, 0.6) is 0 Å². The predicted octanol–water partition coefficient (Wildman–Crippen LogP) is 3.77. The maximum Gasteiger partial charge on any atom is 0.333 e. The van der Waals surface area contributed by atoms with Gasteiger partial charge in [-0.2, -0.15) is 0 Å². The summed E-state index contributed by atoms with van der Waals surface area (Å²) in [6.07, 6.45) is -0.300. The molecule has 4 atom stereocenters. The number of halogens is 1. The lowest BCUT2D eigenvalue weighted by molar-refractivity contribution is -0.0568. The Morgan fingerprint density at radius 1 is 1.06 bits per heavy atom. The first-order valence-corrected chi connectivity index (χ1v) is 16.7. The van der Waals surface area contributed by atoms with Gasteiger partial charge in [0.2, 0.25) is 8.32 Å². The minimum absolute atomic E-state index is 0.255. The van der Waals surface area contributed by atoms with E-state index in [-0.39, 0.29) is 34.3 Å². The first kappa shape index (κ1) is 26.3. The Bertz CT molecular complexity index is 931. The van der Waals surface area contributed by atoms with E-state index in [4.69, 9.17) is 13.3 Å². The molecule has 32 heavy (non-hydrogen) atoms. The van der Waals surface area contributed by atoms with E-state index in [1.807, 2.05) is 22.6 Å². The fraction of sp³-hybridized carbons (Fsp3) is 0.810. The number of aromatic amines is 1. The van der Waals surface area contributed by atoms with Crippen molar-refractivity contribution < 1.29 is 18.4 Å². The molecule has 1 unspecified atom stereocenters. The summed E-state index contributed by atoms with van der Waals surface area (Å²) in [5.74, 6) is 0. The van der Waals surface area contributed by atoms with E-state index in [0.29, 0.717) is 3.57 Å². The molecule has 2 aliphatic rings. The van der Waals surface area contributed by atoms with E-state index >= 15 is 0 Å². The van der Waals surface area contributed by atoms with Gasteiger partial charge in [0.05, 0.1) is 15.4 Å². The smallest absolute Gasteiger partial charge is 0.333 e. The zero-order chi connectivity index (χ0) is 24.2. The van der Waals surface area contributed by atoms with Crippen molar-refractivity contribution in [3.05, 3.63) is 30.6 Å². The zero-order valence-corrected chi connectivity index (χ0v) is 24.4. The Balaban J connectivity index is 2.05. The van der Waals surface area contributed by atoms with E-state index in [1.54, 1.807) is 0 Å². The Labute approximate surface area is 205 Å². The lowest BCUT2D eigenvalue weighted by Gasteiger charge is -2.41. The van der Waals surface area contributed by atoms with Crippen LogP contribution in [0.1, 0.15) is 68.0 Å². The van der Waals surface area contributed by atoms with Crippen molar-refractivity contribution >= 4 is 39.5 Å². The van der Waals surface area contributed by atoms with Crippen molar-refractivity contribution in [2.24, 2.45) is 0 Å². The molecular weight excluding hydrogens is 559 g/mol. The highest BCUT2D eigenvalue weighted by molar-refractivity contribution is 14.1. The van der Waals surface area contributed by atoms with Crippen molar-refractivity contribution in [3.63, 3.8) is 0 Å². The molecule has 2 N–H and O–H groups in total. The zero-order valence-electron chi connectivity index (χ0n) is 20.2. The Hall–Kier alpha value is -0.316. The van der Waals surface area contributed by atoms with Gasteiger partial charge in [-0.05, 0) is 44.8 Å². The Kier molecular flexibility index (Phi) is 7.71. The molecule has 2 saturated heterocycles. The van der Waals surface area contributed by atoms with Gasteiger partial charge < -0.3 is 18.4 Å². The summed E-state index contributed by atoms with van der Waals surface area (Å²) in [6.45, 7) is 17.5. The monoisotopic (exact) mass is 596 g/mol. The number of aliphatic hydroxyl groups is 1. The number of rotatable bonds is 6. The second-order valence-electron chi connectivity index (χ2n) is 10.3. The van der Waals surface area contributed by atoms with E-state index in [9.17, 15) is 14.7 Å². The van der Waals surface area contributed by atoms with Crippen LogP contribution in [0.15, 0.2) is 15.8 Å². The standard InChI is InChI=1S/C21H37IN2O6Si2/c1-11(2)31(12(3)4)20(29-32(30-31,13(5)6)14(7)8)18-16(25)9-17(28-18)24-10-15(22)19(26)23-21(24)27/h10-14,16-18,20,25H,9H2,1-8H3,(H,23,26,27)/t16-,17+,18-,20?/m0/s1. The van der Waals surface area contributed by atoms with Gasteiger partial charge in [0.1, 0.15) is 12.3 Å². The lowest BCUT2D eigenvalue weighted by Crippen LogP contribution is -2.58. The first-order valence-electron chi connectivity index (χ1n) is 11.5. The van der Waals surface area contributed by atoms with Gasteiger partial charge in [-0.3, -0.25) is 14.3 Å². The molecule has 0 bridgehead atoms. The number of aliphatic hydroxyl groups excluding tert-OH is 1. The number of aromatic nitrogens is 2. The predicted molar refractivity (Wildman–Crippen MR) is 136 cm³/mol. The van der Waals surface area contributed by atoms with Gasteiger partial charge >= 0.3 is 14.3 Å². The van der Waals surface area contributed by atoms with Crippen LogP contribution in [0.2, 0.25) is 22.2 Å². The van der Waals surface area contributed by atoms with Gasteiger partial charge in [0.25, 0.3) is 5.56 Å². The summed E-state index contributed by atoms with van der Waals surface area (Å²) in [5.41, 5.74) is -0.232. The molecule has 1 aromatic heterocycles. The Morgan fingerprint density at radius 2 is 1.62 bits per heavy atom. The van der Waals surface area contributed by atoms with Crippen LogP contribution in [0.25, 0.3) is 0 Å². The van der Waals surface area contributed by atoms with Crippen LogP contribution in [-0.2, 0) is 13.3 Å². The maximum atomic E-state index is 12.4. The van der Waals surface area contributed by atoms with Crippen molar-refractivity contribution in [1.82, 2.24) is 9.55 Å². The first-order chi connectivity index (χ1) is 14.8. The van der Waals surface area contributed by atoms with Gasteiger partial charge in [0.15, 0.2) is 0 Å². The molecule has 0 saturated carbocycles. The van der Waals surface area contributed by atoms with Crippen LogP contribution in [0, 0.1) is 3.57 Å². The number of ether oxygens (including phenoxy) is 1. The molecule has 11 heteroatoms. The number of nitrogens with one attached hydrogen (secondary N) is 1. The topological polar surface area (TPSA) is 103 Å². The summed E-state index contributed by atoms with van der Waals surface area (Å²) in [7, 11) is -5.12. The summed E-state index contributed by atoms with van der Waals surface area (Å²) in [4.78, 5) is 26.5. The molecule has 0 amide bonds. The molecule has 3 rings (SSSR count). The molecule has 2 fully saturated rings. The average molecular weight is 597 g/mol. The number of hydrogen-bond donors (Lipinski definition) is 2. The van der Waals surface area contributed by atoms with Gasteiger partial charge in [0, 0.05) is 12.6 Å². The molecule has 3 heterocycles. The molecule has 2 aliphatic heterocycles. The summed E-state index contributed by atoms with van der Waals surface area (Å²) >= 11 is 1.89. The number of H-pyrrole nitrogens is 1. The molecule has 8 nitrogen and oxygen atoms in total. The maximum absolute atomic E-state index is 12.4. The van der Waals surface area contributed by atoms with E-state index in [0.717, 1.165) is 0 Å². The molecule has 182 valence electrons. The number of hydrogen-bond acceptors (Lipinski definition) is 6. The highest BCUT2D eigenvalue weighted by Crippen LogP contribution is 2.54. The van der Waals surface area contributed by atoms with Crippen LogP contribution in [-0.4, -0.2) is 49.5 Å². The van der Waals surface area contributed by atoms with E-state index in [1.165, 1.54) is 10.8 Å². The van der Waals surface area contributed by atoms with Crippen molar-refractivity contribution in [2.45, 2.75) is 108 Å². The molecule has 1 aromatic rings. The third-order valence-corrected chi connectivity index (χ3v) is 19.7. The summed E-state index contributed by atoms with van der Waals surface area (Å²) in [6, 6.07) is 0. The fourth-order valence-electron chi connectivity index (χ4n) is 5.50. The second-order valence-corrected chi connectivity index (χ2v) is 20.9. The van der Waals surface area contributed by atoms with Crippen molar-refractivity contribution in [2.75, 3.05) is 0 Å². The largest absolute Gasteiger partial charge is 0.432 e. The summed E-state index contributed by atoms with van der Waals surface area (Å²) in [5, 5.41) is 11.1. The molecule has 0 spiro atoms. The highest BCUT2D eigenvalue weighted by atomic mass is 127. The third-order valence-electron chi connectivity index (χ3n) is 7.18. The Morgan fingerprint density at radius 3 is 2.12 bits per heavy atom.